The number of hydrogen-bond acceptors (Lipinski definition) is 5. The van der Waals surface area contributed by atoms with Crippen LogP contribution < -0.4 is 10.2 Å². The van der Waals surface area contributed by atoms with E-state index in [9.17, 15) is 4.79 Å². The zero-order chi connectivity index (χ0) is 17.1. The molecular formula is C19H17N3OS2. The largest absolute Gasteiger partial charge is 0.365 e. The number of anilines is 2. The highest BCUT2D eigenvalue weighted by atomic mass is 32.1. The lowest BCUT2D eigenvalue weighted by Crippen LogP contribution is -2.30. The first-order valence-corrected chi connectivity index (χ1v) is 9.88. The zero-order valence-corrected chi connectivity index (χ0v) is 15.1. The second kappa shape index (κ2) is 7.21. The summed E-state index contributed by atoms with van der Waals surface area (Å²) >= 11 is 3.34. The van der Waals surface area contributed by atoms with Gasteiger partial charge in [0.15, 0.2) is 0 Å². The molecule has 0 bridgehead atoms. The summed E-state index contributed by atoms with van der Waals surface area (Å²) < 4.78 is 0. The van der Waals surface area contributed by atoms with Crippen LogP contribution in [-0.4, -0.2) is 17.4 Å². The minimum Gasteiger partial charge on any atom is -0.365 e. The van der Waals surface area contributed by atoms with Crippen molar-refractivity contribution in [3.05, 3.63) is 68.8 Å². The van der Waals surface area contributed by atoms with Crippen molar-refractivity contribution in [2.24, 2.45) is 0 Å². The highest BCUT2D eigenvalue weighted by Crippen LogP contribution is 2.32. The van der Waals surface area contributed by atoms with E-state index in [1.54, 1.807) is 11.6 Å². The predicted octanol–water partition coefficient (Wildman–Crippen LogP) is 4.42. The predicted molar refractivity (Wildman–Crippen MR) is 105 cm³/mol. The van der Waals surface area contributed by atoms with E-state index in [0.29, 0.717) is 0 Å². The molecule has 3 aromatic rings. The molecule has 0 atom stereocenters. The van der Waals surface area contributed by atoms with Crippen molar-refractivity contribution in [3.63, 3.8) is 0 Å². The molecule has 4 nitrogen and oxygen atoms in total. The first kappa shape index (κ1) is 16.1. The molecule has 1 aliphatic heterocycles. The van der Waals surface area contributed by atoms with Crippen LogP contribution in [0, 0.1) is 0 Å². The summed E-state index contributed by atoms with van der Waals surface area (Å²) in [6.07, 6.45) is 4.31. The molecule has 4 rings (SSSR count). The van der Waals surface area contributed by atoms with Crippen LogP contribution in [0.5, 0.6) is 0 Å². The maximum absolute atomic E-state index is 12.3. The van der Waals surface area contributed by atoms with E-state index >= 15 is 0 Å². The minimum atomic E-state index is -0.145. The first-order chi connectivity index (χ1) is 12.3. The molecule has 0 fully saturated rings. The van der Waals surface area contributed by atoms with E-state index in [2.05, 4.69) is 32.7 Å². The molecule has 3 heterocycles. The normalized spacial score (nSPS) is 13.8. The number of aromatic nitrogens is 1. The van der Waals surface area contributed by atoms with E-state index in [0.717, 1.165) is 36.6 Å². The summed E-state index contributed by atoms with van der Waals surface area (Å²) in [5.41, 5.74) is 5.85. The summed E-state index contributed by atoms with van der Waals surface area (Å²) in [7, 11) is 0. The highest BCUT2D eigenvalue weighted by molar-refractivity contribution is 7.10. The number of rotatable bonds is 4. The van der Waals surface area contributed by atoms with Crippen molar-refractivity contribution in [2.75, 3.05) is 16.8 Å². The lowest BCUT2D eigenvalue weighted by molar-refractivity contribution is -0.111. The number of carbonyl (C=O) groups is 1. The van der Waals surface area contributed by atoms with Gasteiger partial charge in [0.25, 0.3) is 0 Å². The van der Waals surface area contributed by atoms with Crippen LogP contribution in [0.2, 0.25) is 0 Å². The van der Waals surface area contributed by atoms with Crippen molar-refractivity contribution >= 4 is 46.0 Å². The SMILES string of the molecule is O=C(/C=C/c1cscn1)Nc1ccccc1N1CCc2sccc2C1. The number of nitrogens with zero attached hydrogens (tertiary/aromatic N) is 2. The van der Waals surface area contributed by atoms with Crippen LogP contribution >= 0.6 is 22.7 Å². The molecule has 0 aliphatic carbocycles. The molecule has 25 heavy (non-hydrogen) atoms. The summed E-state index contributed by atoms with van der Waals surface area (Å²) in [4.78, 5) is 20.2. The van der Waals surface area contributed by atoms with Crippen LogP contribution in [0.25, 0.3) is 6.08 Å². The van der Waals surface area contributed by atoms with E-state index in [-0.39, 0.29) is 5.91 Å². The summed E-state index contributed by atoms with van der Waals surface area (Å²) in [6.45, 7) is 1.86. The Labute approximate surface area is 154 Å². The molecule has 0 saturated carbocycles. The third kappa shape index (κ3) is 3.65. The maximum atomic E-state index is 12.3. The number of carbonyl (C=O) groups excluding carboxylic acids is 1. The number of thiazole rings is 1. The molecule has 6 heteroatoms. The Balaban J connectivity index is 1.50. The molecule has 0 radical (unpaired) electrons. The number of amides is 1. The summed E-state index contributed by atoms with van der Waals surface area (Å²) in [5, 5.41) is 7.06. The molecule has 1 amide bonds. The van der Waals surface area contributed by atoms with Crippen LogP contribution in [0.3, 0.4) is 0 Å². The third-order valence-corrected chi connectivity index (χ3v) is 5.79. The number of para-hydroxylation sites is 2. The van der Waals surface area contributed by atoms with Crippen LogP contribution in [0.15, 0.2) is 52.7 Å². The standard InChI is InChI=1S/C19H17N3OS2/c23-19(6-5-15-12-24-13-20-15)21-16-3-1-2-4-17(16)22-9-7-18-14(11-22)8-10-25-18/h1-6,8,10,12-13H,7,9,11H2,(H,21,23)/b6-5+. The van der Waals surface area contributed by atoms with Crippen LogP contribution in [0.1, 0.15) is 16.1 Å². The Kier molecular flexibility index (Phi) is 4.63. The Morgan fingerprint density at radius 1 is 1.28 bits per heavy atom. The molecule has 0 saturated heterocycles. The molecule has 0 unspecified atom stereocenters. The number of fused-ring (bicyclic) bond motifs is 1. The lowest BCUT2D eigenvalue weighted by Gasteiger charge is -2.30. The fourth-order valence-electron chi connectivity index (χ4n) is 2.95. The van der Waals surface area contributed by atoms with E-state index in [4.69, 9.17) is 0 Å². The highest BCUT2D eigenvalue weighted by Gasteiger charge is 2.19. The minimum absolute atomic E-state index is 0.145. The molecule has 1 aromatic carbocycles. The second-order valence-electron chi connectivity index (χ2n) is 5.79. The Morgan fingerprint density at radius 3 is 3.08 bits per heavy atom. The fraction of sp³-hybridized carbons (Fsp3) is 0.158. The number of nitrogens with one attached hydrogen (secondary N) is 1. The Hall–Kier alpha value is -2.44. The van der Waals surface area contributed by atoms with Gasteiger partial charge < -0.3 is 10.2 Å². The average Bonchev–Trinajstić information content (AvgIpc) is 3.31. The molecule has 2 aromatic heterocycles. The maximum Gasteiger partial charge on any atom is 0.248 e. The van der Waals surface area contributed by atoms with Gasteiger partial charge in [0.05, 0.1) is 22.6 Å². The van der Waals surface area contributed by atoms with Crippen LogP contribution in [-0.2, 0) is 17.8 Å². The van der Waals surface area contributed by atoms with Crippen LogP contribution in [0.4, 0.5) is 11.4 Å². The summed E-state index contributed by atoms with van der Waals surface area (Å²) in [6, 6.07) is 10.2. The van der Waals surface area contributed by atoms with E-state index in [1.807, 2.05) is 34.9 Å². The third-order valence-electron chi connectivity index (χ3n) is 4.17. The van der Waals surface area contributed by atoms with Gasteiger partial charge in [-0.05, 0) is 41.6 Å². The second-order valence-corrected chi connectivity index (χ2v) is 7.51. The molecular weight excluding hydrogens is 350 g/mol. The smallest absolute Gasteiger partial charge is 0.248 e. The number of thiophene rings is 1. The van der Waals surface area contributed by atoms with Gasteiger partial charge in [-0.3, -0.25) is 4.79 Å². The van der Waals surface area contributed by atoms with Crippen molar-refractivity contribution in [1.29, 1.82) is 0 Å². The monoisotopic (exact) mass is 367 g/mol. The van der Waals surface area contributed by atoms with Gasteiger partial charge in [0.2, 0.25) is 5.91 Å². The molecule has 126 valence electrons. The molecule has 1 aliphatic rings. The van der Waals surface area contributed by atoms with Gasteiger partial charge in [-0.2, -0.15) is 0 Å². The van der Waals surface area contributed by atoms with Gasteiger partial charge in [0, 0.05) is 29.4 Å². The average molecular weight is 367 g/mol. The van der Waals surface area contributed by atoms with Gasteiger partial charge in [-0.25, -0.2) is 4.98 Å². The van der Waals surface area contributed by atoms with Gasteiger partial charge in [-0.1, -0.05) is 12.1 Å². The van der Waals surface area contributed by atoms with E-state index < -0.39 is 0 Å². The number of benzene rings is 1. The van der Waals surface area contributed by atoms with Crippen molar-refractivity contribution in [2.45, 2.75) is 13.0 Å². The molecule has 1 N–H and O–H groups in total. The van der Waals surface area contributed by atoms with Gasteiger partial charge in [0.1, 0.15) is 0 Å². The van der Waals surface area contributed by atoms with Gasteiger partial charge >= 0.3 is 0 Å². The lowest BCUT2D eigenvalue weighted by atomic mass is 10.1. The quantitative estimate of drug-likeness (QED) is 0.694. The molecule has 0 spiro atoms. The van der Waals surface area contributed by atoms with Crippen molar-refractivity contribution in [1.82, 2.24) is 4.98 Å². The topological polar surface area (TPSA) is 45.2 Å². The van der Waals surface area contributed by atoms with Gasteiger partial charge in [-0.15, -0.1) is 22.7 Å². The van der Waals surface area contributed by atoms with Crippen molar-refractivity contribution < 1.29 is 4.79 Å². The van der Waals surface area contributed by atoms with Crippen molar-refractivity contribution in [3.8, 4) is 0 Å². The van der Waals surface area contributed by atoms with E-state index in [1.165, 1.54) is 27.9 Å². The Bertz CT molecular complexity index is 899. The fourth-order valence-corrected chi connectivity index (χ4v) is 4.36. The number of hydrogen-bond donors (Lipinski definition) is 1. The zero-order valence-electron chi connectivity index (χ0n) is 13.5. The first-order valence-electron chi connectivity index (χ1n) is 8.06. The summed E-state index contributed by atoms with van der Waals surface area (Å²) in [5.74, 6) is -0.145. The Morgan fingerprint density at radius 2 is 2.20 bits per heavy atom.